The third kappa shape index (κ3) is 3.46. The molecule has 0 aromatic carbocycles. The fourth-order valence-corrected chi connectivity index (χ4v) is 4.71. The summed E-state index contributed by atoms with van der Waals surface area (Å²) in [7, 11) is 0. The highest BCUT2D eigenvalue weighted by Gasteiger charge is 2.35. The third-order valence-electron chi connectivity index (χ3n) is 3.58. The van der Waals surface area contributed by atoms with Crippen molar-refractivity contribution in [3.63, 3.8) is 0 Å². The van der Waals surface area contributed by atoms with Crippen LogP contribution in [0, 0.1) is 0 Å². The van der Waals surface area contributed by atoms with Gasteiger partial charge < -0.3 is 10.2 Å². The minimum atomic E-state index is -0.223. The molecule has 128 valence electrons. The topological polar surface area (TPSA) is 97.6 Å². The number of thiophene rings is 1. The molecule has 2 N–H and O–H groups in total. The number of nitrogens with two attached hydrogens (primary N) is 1. The van der Waals surface area contributed by atoms with E-state index in [-0.39, 0.29) is 17.7 Å². The van der Waals surface area contributed by atoms with E-state index in [0.717, 1.165) is 16.3 Å². The van der Waals surface area contributed by atoms with Crippen LogP contribution in [0.4, 0.5) is 5.13 Å². The van der Waals surface area contributed by atoms with Crippen LogP contribution >= 0.6 is 34.4 Å². The summed E-state index contributed by atoms with van der Waals surface area (Å²) in [6.45, 7) is 0. The number of furan rings is 1. The summed E-state index contributed by atoms with van der Waals surface area (Å²) in [5.41, 5.74) is 6.47. The van der Waals surface area contributed by atoms with Crippen molar-refractivity contribution in [1.82, 2.24) is 15.2 Å². The number of carbonyl (C=O) groups excluding carboxylic acids is 1. The summed E-state index contributed by atoms with van der Waals surface area (Å²) < 4.78 is 6.19. The van der Waals surface area contributed by atoms with Gasteiger partial charge in [-0.15, -0.1) is 21.5 Å². The van der Waals surface area contributed by atoms with Gasteiger partial charge >= 0.3 is 0 Å². The van der Waals surface area contributed by atoms with Crippen LogP contribution in [0.25, 0.3) is 0 Å². The van der Waals surface area contributed by atoms with Crippen LogP contribution in [0.2, 0.25) is 0 Å². The van der Waals surface area contributed by atoms with Gasteiger partial charge in [-0.2, -0.15) is 5.10 Å². The van der Waals surface area contributed by atoms with Crippen LogP contribution < -0.4 is 5.73 Å². The van der Waals surface area contributed by atoms with E-state index in [9.17, 15) is 4.79 Å². The SMILES string of the molecule is Nc1nnc(SCC(=O)N2N=C(c3cccs3)C[C@@H]2c2ccco2)s1. The summed E-state index contributed by atoms with van der Waals surface area (Å²) in [6.07, 6.45) is 2.25. The van der Waals surface area contributed by atoms with Crippen molar-refractivity contribution in [2.45, 2.75) is 16.8 Å². The van der Waals surface area contributed by atoms with Crippen molar-refractivity contribution in [3.05, 3.63) is 46.5 Å². The van der Waals surface area contributed by atoms with Gasteiger partial charge in [0.1, 0.15) is 11.8 Å². The van der Waals surface area contributed by atoms with E-state index in [1.165, 1.54) is 28.1 Å². The fourth-order valence-electron chi connectivity index (χ4n) is 2.50. The molecule has 10 heteroatoms. The van der Waals surface area contributed by atoms with Crippen molar-refractivity contribution in [3.8, 4) is 0 Å². The molecule has 0 radical (unpaired) electrons. The second kappa shape index (κ2) is 6.98. The molecule has 3 aromatic heterocycles. The molecule has 0 saturated carbocycles. The van der Waals surface area contributed by atoms with Crippen LogP contribution in [0.15, 0.2) is 49.8 Å². The number of rotatable bonds is 5. The van der Waals surface area contributed by atoms with Crippen LogP contribution in [0.3, 0.4) is 0 Å². The lowest BCUT2D eigenvalue weighted by Crippen LogP contribution is -2.28. The highest BCUT2D eigenvalue weighted by Crippen LogP contribution is 2.35. The van der Waals surface area contributed by atoms with E-state index in [2.05, 4.69) is 15.3 Å². The van der Waals surface area contributed by atoms with Crippen molar-refractivity contribution in [2.24, 2.45) is 5.10 Å². The van der Waals surface area contributed by atoms with Gasteiger partial charge in [0.05, 0.1) is 22.6 Å². The molecule has 0 fully saturated rings. The largest absolute Gasteiger partial charge is 0.467 e. The Labute approximate surface area is 155 Å². The number of thioether (sulfide) groups is 1. The molecule has 0 spiro atoms. The van der Waals surface area contributed by atoms with Gasteiger partial charge in [-0.25, -0.2) is 5.01 Å². The number of carbonyl (C=O) groups is 1. The lowest BCUT2D eigenvalue weighted by molar-refractivity contribution is -0.130. The normalized spacial score (nSPS) is 17.0. The van der Waals surface area contributed by atoms with E-state index in [4.69, 9.17) is 10.2 Å². The monoisotopic (exact) mass is 391 g/mol. The Hall–Kier alpha value is -2.17. The lowest BCUT2D eigenvalue weighted by Gasteiger charge is -2.19. The van der Waals surface area contributed by atoms with Gasteiger partial charge in [0.25, 0.3) is 5.91 Å². The Bertz CT molecular complexity index is 888. The predicted molar refractivity (Wildman–Crippen MR) is 98.8 cm³/mol. The predicted octanol–water partition coefficient (Wildman–Crippen LogP) is 3.24. The molecule has 1 amide bonds. The molecule has 3 aromatic rings. The standard InChI is InChI=1S/C15H13N5O2S3/c16-14-17-18-15(25-14)24-8-13(21)20-10(11-3-1-5-22-11)7-9(19-20)12-4-2-6-23-12/h1-6,10H,7-8H2,(H2,16,17)/t10-/m1/s1. The van der Waals surface area contributed by atoms with E-state index < -0.39 is 0 Å². The molecule has 0 aliphatic carbocycles. The molecule has 4 rings (SSSR count). The van der Waals surface area contributed by atoms with Crippen molar-refractivity contribution < 1.29 is 9.21 Å². The third-order valence-corrected chi connectivity index (χ3v) is 6.37. The summed E-state index contributed by atoms with van der Waals surface area (Å²) in [6, 6.07) is 7.45. The van der Waals surface area contributed by atoms with Gasteiger partial charge in [-0.1, -0.05) is 29.2 Å². The molecule has 1 aliphatic heterocycles. The summed E-state index contributed by atoms with van der Waals surface area (Å²) in [5, 5.41) is 16.2. The molecule has 25 heavy (non-hydrogen) atoms. The average Bonchev–Trinajstić information content (AvgIpc) is 3.38. The number of hydrogen-bond donors (Lipinski definition) is 1. The average molecular weight is 392 g/mol. The number of hydrazone groups is 1. The fraction of sp³-hybridized carbons (Fsp3) is 0.200. The van der Waals surface area contributed by atoms with Gasteiger partial charge in [-0.3, -0.25) is 4.79 Å². The number of amides is 1. The maximum Gasteiger partial charge on any atom is 0.253 e. The number of hydrogen-bond acceptors (Lipinski definition) is 9. The van der Waals surface area contributed by atoms with Crippen molar-refractivity contribution in [2.75, 3.05) is 11.5 Å². The molecule has 0 unspecified atom stereocenters. The van der Waals surface area contributed by atoms with Gasteiger partial charge in [0.2, 0.25) is 5.13 Å². The van der Waals surface area contributed by atoms with E-state index in [1.54, 1.807) is 17.6 Å². The lowest BCUT2D eigenvalue weighted by atomic mass is 10.1. The second-order valence-corrected chi connectivity index (χ2v) is 8.37. The van der Waals surface area contributed by atoms with Crippen LogP contribution in [0.1, 0.15) is 23.1 Å². The Morgan fingerprint density at radius 1 is 1.40 bits per heavy atom. The van der Waals surface area contributed by atoms with Gasteiger partial charge in [0, 0.05) is 6.42 Å². The minimum absolute atomic E-state index is 0.105. The van der Waals surface area contributed by atoms with Gasteiger partial charge in [-0.05, 0) is 23.6 Å². The number of anilines is 1. The quantitative estimate of drug-likeness (QED) is 0.671. The van der Waals surface area contributed by atoms with Crippen LogP contribution in [-0.2, 0) is 4.79 Å². The number of nitrogens with zero attached hydrogens (tertiary/aromatic N) is 4. The smallest absolute Gasteiger partial charge is 0.253 e. The summed E-state index contributed by atoms with van der Waals surface area (Å²) >= 11 is 4.19. The first-order valence-corrected chi connectivity index (χ1v) is 10.1. The molecular weight excluding hydrogens is 378 g/mol. The van der Waals surface area contributed by atoms with Crippen LogP contribution in [-0.4, -0.2) is 32.6 Å². The van der Waals surface area contributed by atoms with Crippen molar-refractivity contribution in [1.29, 1.82) is 0 Å². The first-order chi connectivity index (χ1) is 12.2. The molecule has 0 saturated heterocycles. The molecule has 1 aliphatic rings. The Balaban J connectivity index is 1.53. The van der Waals surface area contributed by atoms with Crippen molar-refractivity contribution >= 4 is 51.2 Å². The maximum atomic E-state index is 12.7. The zero-order valence-corrected chi connectivity index (χ0v) is 15.3. The summed E-state index contributed by atoms with van der Waals surface area (Å²) in [5.74, 6) is 0.841. The highest BCUT2D eigenvalue weighted by atomic mass is 32.2. The second-order valence-electron chi connectivity index (χ2n) is 5.19. The maximum absolute atomic E-state index is 12.7. The molecule has 4 heterocycles. The Morgan fingerprint density at radius 2 is 2.32 bits per heavy atom. The first-order valence-electron chi connectivity index (χ1n) is 7.39. The zero-order valence-electron chi connectivity index (χ0n) is 12.9. The Morgan fingerprint density at radius 3 is 3.00 bits per heavy atom. The molecule has 1 atom stereocenters. The minimum Gasteiger partial charge on any atom is -0.467 e. The van der Waals surface area contributed by atoms with E-state index in [1.807, 2.05) is 29.6 Å². The van der Waals surface area contributed by atoms with Crippen LogP contribution in [0.5, 0.6) is 0 Å². The van der Waals surface area contributed by atoms with E-state index in [0.29, 0.717) is 15.9 Å². The Kier molecular flexibility index (Phi) is 4.55. The highest BCUT2D eigenvalue weighted by molar-refractivity contribution is 8.01. The molecule has 0 bridgehead atoms. The molecule has 7 nitrogen and oxygen atoms in total. The molecular formula is C15H13N5O2S3. The first kappa shape index (κ1) is 16.3. The zero-order chi connectivity index (χ0) is 17.2. The van der Waals surface area contributed by atoms with Gasteiger partial charge in [0.15, 0.2) is 4.34 Å². The van der Waals surface area contributed by atoms with E-state index >= 15 is 0 Å². The number of aromatic nitrogens is 2. The summed E-state index contributed by atoms with van der Waals surface area (Å²) in [4.78, 5) is 13.8. The number of nitrogen functional groups attached to an aromatic ring is 1.